The minimum Gasteiger partial charge on any atom is -0.435 e. The molecule has 3 aromatic heterocycles. The summed E-state index contributed by atoms with van der Waals surface area (Å²) in [5, 5.41) is 9.26. The molecule has 0 spiro atoms. The van der Waals surface area contributed by atoms with Crippen molar-refractivity contribution in [3.63, 3.8) is 0 Å². The Morgan fingerprint density at radius 1 is 0.939 bits per heavy atom. The van der Waals surface area contributed by atoms with Crippen LogP contribution in [0.25, 0.3) is 33.7 Å². The number of halogens is 3. The highest BCUT2D eigenvalue weighted by molar-refractivity contribution is 5.87. The Labute approximate surface area is 184 Å². The van der Waals surface area contributed by atoms with E-state index in [4.69, 9.17) is 0 Å². The highest BCUT2D eigenvalue weighted by atomic mass is 19.3. The van der Waals surface area contributed by atoms with E-state index < -0.39 is 12.4 Å². The zero-order valence-corrected chi connectivity index (χ0v) is 16.8. The van der Waals surface area contributed by atoms with Crippen LogP contribution in [-0.2, 0) is 0 Å². The molecule has 0 fully saturated rings. The van der Waals surface area contributed by atoms with E-state index in [2.05, 4.69) is 19.9 Å². The highest BCUT2D eigenvalue weighted by Crippen LogP contribution is 2.26. The Morgan fingerprint density at radius 3 is 2.55 bits per heavy atom. The van der Waals surface area contributed by atoms with Crippen LogP contribution in [0.2, 0.25) is 0 Å². The van der Waals surface area contributed by atoms with Gasteiger partial charge in [-0.2, -0.15) is 19.0 Å². The van der Waals surface area contributed by atoms with Crippen LogP contribution in [0, 0.1) is 5.82 Å². The maximum Gasteiger partial charge on any atom is 0.387 e. The molecule has 0 radical (unpaired) electrons. The van der Waals surface area contributed by atoms with Crippen molar-refractivity contribution in [3.05, 3.63) is 95.3 Å². The number of fused-ring (bicyclic) bond motifs is 1. The second kappa shape index (κ2) is 8.23. The first-order valence-electron chi connectivity index (χ1n) is 9.74. The summed E-state index contributed by atoms with van der Waals surface area (Å²) in [5.74, 6) is -0.465. The van der Waals surface area contributed by atoms with Crippen molar-refractivity contribution in [2.45, 2.75) is 6.61 Å². The summed E-state index contributed by atoms with van der Waals surface area (Å²) in [6.07, 6.45) is 4.44. The predicted molar refractivity (Wildman–Crippen MR) is 114 cm³/mol. The molecule has 0 aliphatic rings. The molecule has 0 amide bonds. The van der Waals surface area contributed by atoms with E-state index in [1.165, 1.54) is 64.4 Å². The fourth-order valence-electron chi connectivity index (χ4n) is 3.49. The van der Waals surface area contributed by atoms with Gasteiger partial charge in [0, 0.05) is 23.8 Å². The van der Waals surface area contributed by atoms with Crippen LogP contribution >= 0.6 is 0 Å². The molecular formula is C23H14F3N5O2. The number of nitrogens with zero attached hydrogens (tertiary/aromatic N) is 5. The van der Waals surface area contributed by atoms with Crippen LogP contribution in [0.1, 0.15) is 0 Å². The van der Waals surface area contributed by atoms with E-state index >= 15 is 0 Å². The Balaban J connectivity index is 1.60. The normalized spacial score (nSPS) is 11.3. The number of alkyl halides is 2. The van der Waals surface area contributed by atoms with Gasteiger partial charge in [0.15, 0.2) is 5.69 Å². The van der Waals surface area contributed by atoms with Crippen LogP contribution in [0.3, 0.4) is 0 Å². The molecule has 2 aromatic carbocycles. The largest absolute Gasteiger partial charge is 0.435 e. The van der Waals surface area contributed by atoms with E-state index in [-0.39, 0.29) is 22.4 Å². The summed E-state index contributed by atoms with van der Waals surface area (Å²) in [7, 11) is 0. The molecule has 10 heteroatoms. The minimum atomic E-state index is -2.92. The predicted octanol–water partition coefficient (Wildman–Crippen LogP) is 4.37. The second-order valence-corrected chi connectivity index (χ2v) is 6.94. The van der Waals surface area contributed by atoms with Crippen molar-refractivity contribution in [2.24, 2.45) is 0 Å². The SMILES string of the molecule is O=c1ccn(-c2ccc(OC(F)F)cc2)nc1-c1ccnn1-c1ccnc2c(F)cccc12. The van der Waals surface area contributed by atoms with Crippen molar-refractivity contribution in [1.82, 2.24) is 24.5 Å². The molecule has 3 heterocycles. The first-order valence-corrected chi connectivity index (χ1v) is 9.74. The molecule has 33 heavy (non-hydrogen) atoms. The zero-order chi connectivity index (χ0) is 22.9. The second-order valence-electron chi connectivity index (χ2n) is 6.94. The Morgan fingerprint density at radius 2 is 1.76 bits per heavy atom. The summed E-state index contributed by atoms with van der Waals surface area (Å²) >= 11 is 0. The van der Waals surface area contributed by atoms with Gasteiger partial charge in [0.05, 0.1) is 23.3 Å². The van der Waals surface area contributed by atoms with Gasteiger partial charge in [0.2, 0.25) is 5.43 Å². The lowest BCUT2D eigenvalue weighted by Crippen LogP contribution is -2.15. The average Bonchev–Trinajstić information content (AvgIpc) is 3.29. The van der Waals surface area contributed by atoms with Gasteiger partial charge in [0.1, 0.15) is 17.1 Å². The number of aromatic nitrogens is 5. The van der Waals surface area contributed by atoms with Gasteiger partial charge in [-0.3, -0.25) is 9.78 Å². The van der Waals surface area contributed by atoms with Crippen LogP contribution in [0.15, 0.2) is 84.0 Å². The maximum atomic E-state index is 14.2. The van der Waals surface area contributed by atoms with Gasteiger partial charge in [-0.1, -0.05) is 12.1 Å². The van der Waals surface area contributed by atoms with Crippen LogP contribution in [0.4, 0.5) is 13.2 Å². The molecule has 0 aliphatic carbocycles. The molecule has 5 aromatic rings. The zero-order valence-electron chi connectivity index (χ0n) is 16.8. The molecule has 7 nitrogen and oxygen atoms in total. The van der Waals surface area contributed by atoms with Crippen LogP contribution in [-0.4, -0.2) is 31.2 Å². The number of rotatable bonds is 5. The summed E-state index contributed by atoms with van der Waals surface area (Å²) in [6, 6.07) is 15.1. The Kier molecular flexibility index (Phi) is 5.09. The van der Waals surface area contributed by atoms with E-state index in [9.17, 15) is 18.0 Å². The molecule has 0 aliphatic heterocycles. The van der Waals surface area contributed by atoms with E-state index in [0.717, 1.165) is 0 Å². The molecule has 5 rings (SSSR count). The van der Waals surface area contributed by atoms with Crippen LogP contribution < -0.4 is 10.2 Å². The highest BCUT2D eigenvalue weighted by Gasteiger charge is 2.16. The van der Waals surface area contributed by atoms with Crippen LogP contribution in [0.5, 0.6) is 5.75 Å². The number of hydrogen-bond acceptors (Lipinski definition) is 5. The minimum absolute atomic E-state index is 0.00453. The van der Waals surface area contributed by atoms with Crippen molar-refractivity contribution in [2.75, 3.05) is 0 Å². The van der Waals surface area contributed by atoms with E-state index in [0.29, 0.717) is 22.5 Å². The summed E-state index contributed by atoms with van der Waals surface area (Å²) in [6.45, 7) is -2.92. The monoisotopic (exact) mass is 449 g/mol. The van der Waals surface area contributed by atoms with Gasteiger partial charge in [-0.25, -0.2) is 13.8 Å². The van der Waals surface area contributed by atoms with Gasteiger partial charge in [-0.05, 0) is 42.5 Å². The first-order chi connectivity index (χ1) is 16.0. The quantitative estimate of drug-likeness (QED) is 0.398. The summed E-state index contributed by atoms with van der Waals surface area (Å²) in [4.78, 5) is 16.8. The summed E-state index contributed by atoms with van der Waals surface area (Å²) in [5.41, 5.74) is 1.38. The number of para-hydroxylation sites is 1. The lowest BCUT2D eigenvalue weighted by molar-refractivity contribution is -0.0498. The topological polar surface area (TPSA) is 74.8 Å². The molecule has 0 bridgehead atoms. The van der Waals surface area contributed by atoms with Gasteiger partial charge >= 0.3 is 6.61 Å². The molecule has 164 valence electrons. The third kappa shape index (κ3) is 3.82. The average molecular weight is 449 g/mol. The maximum absolute atomic E-state index is 14.2. The Bertz CT molecular complexity index is 1510. The standard InChI is InChI=1S/C23H14F3N5O2/c24-17-3-1-2-16-18(8-11-27-21(16)17)31-19(9-12-28-31)22-20(32)10-13-30(29-22)14-4-6-15(7-5-14)33-23(25)26/h1-13,23H. The van der Waals surface area contributed by atoms with Crippen molar-refractivity contribution < 1.29 is 17.9 Å². The van der Waals surface area contributed by atoms with Gasteiger partial charge < -0.3 is 4.74 Å². The smallest absolute Gasteiger partial charge is 0.387 e. The lowest BCUT2D eigenvalue weighted by atomic mass is 10.1. The molecular weight excluding hydrogens is 435 g/mol. The number of benzene rings is 2. The molecule has 0 unspecified atom stereocenters. The summed E-state index contributed by atoms with van der Waals surface area (Å²) < 4.78 is 46.3. The fraction of sp³-hybridized carbons (Fsp3) is 0.0435. The first kappa shape index (κ1) is 20.4. The third-order valence-corrected chi connectivity index (χ3v) is 4.95. The fourth-order valence-corrected chi connectivity index (χ4v) is 3.49. The number of hydrogen-bond donors (Lipinski definition) is 0. The Hall–Kier alpha value is -4.47. The van der Waals surface area contributed by atoms with Gasteiger partial charge in [0.25, 0.3) is 0 Å². The van der Waals surface area contributed by atoms with E-state index in [1.807, 2.05) is 0 Å². The number of ether oxygens (including phenoxy) is 1. The van der Waals surface area contributed by atoms with E-state index in [1.54, 1.807) is 24.3 Å². The molecule has 0 saturated carbocycles. The number of pyridine rings is 1. The molecule has 0 saturated heterocycles. The van der Waals surface area contributed by atoms with Crippen molar-refractivity contribution in [1.29, 1.82) is 0 Å². The molecule has 0 atom stereocenters. The van der Waals surface area contributed by atoms with Gasteiger partial charge in [-0.15, -0.1) is 0 Å². The van der Waals surface area contributed by atoms with Crippen molar-refractivity contribution >= 4 is 10.9 Å². The lowest BCUT2D eigenvalue weighted by Gasteiger charge is -2.12. The third-order valence-electron chi connectivity index (χ3n) is 4.95. The molecule has 0 N–H and O–H groups in total. The van der Waals surface area contributed by atoms with Crippen molar-refractivity contribution in [3.8, 4) is 28.5 Å².